The molecule has 1 aliphatic rings. The molecule has 1 aromatic rings. The summed E-state index contributed by atoms with van der Waals surface area (Å²) in [6.45, 7) is 8.18. The van der Waals surface area contributed by atoms with E-state index in [-0.39, 0.29) is 23.6 Å². The quantitative estimate of drug-likeness (QED) is 0.733. The number of ether oxygens (including phenoxy) is 4. The van der Waals surface area contributed by atoms with Crippen LogP contribution in [-0.4, -0.2) is 25.8 Å². The molecular weight excluding hydrogens is 348 g/mol. The van der Waals surface area contributed by atoms with E-state index >= 15 is 0 Å². The van der Waals surface area contributed by atoms with Gasteiger partial charge in [-0.25, -0.2) is 4.79 Å². The molecule has 1 atom stereocenters. The Morgan fingerprint density at radius 1 is 1.22 bits per heavy atom. The highest BCUT2D eigenvalue weighted by atomic mass is 16.5. The van der Waals surface area contributed by atoms with Crippen LogP contribution in [-0.2, 0) is 14.3 Å². The summed E-state index contributed by atoms with van der Waals surface area (Å²) < 4.78 is 21.9. The van der Waals surface area contributed by atoms with Crippen molar-refractivity contribution in [2.75, 3.05) is 19.8 Å². The minimum atomic E-state index is -0.750. The van der Waals surface area contributed by atoms with E-state index in [0.29, 0.717) is 36.0 Å². The molecule has 2 rings (SSSR count). The van der Waals surface area contributed by atoms with Crippen LogP contribution in [0.1, 0.15) is 39.2 Å². The molecule has 0 saturated heterocycles. The highest BCUT2D eigenvalue weighted by molar-refractivity contribution is 5.92. The summed E-state index contributed by atoms with van der Waals surface area (Å²) >= 11 is 0. The smallest absolute Gasteiger partial charge is 0.338 e. The molecule has 0 aromatic heterocycles. The Bertz CT molecular complexity index is 820. The number of hydrogen-bond acceptors (Lipinski definition) is 7. The molecule has 7 heteroatoms. The second-order valence-electron chi connectivity index (χ2n) is 5.68. The summed E-state index contributed by atoms with van der Waals surface area (Å²) in [5.74, 6) is 0.0865. The van der Waals surface area contributed by atoms with Gasteiger partial charge in [0, 0.05) is 11.6 Å². The average Bonchev–Trinajstić information content (AvgIpc) is 2.62. The van der Waals surface area contributed by atoms with Gasteiger partial charge in [-0.3, -0.25) is 0 Å². The number of nitrogens with two attached hydrogens (primary N) is 1. The molecule has 1 aliphatic heterocycles. The first-order valence-electron chi connectivity index (χ1n) is 8.83. The first kappa shape index (κ1) is 20.2. The van der Waals surface area contributed by atoms with Gasteiger partial charge in [0.05, 0.1) is 31.3 Å². The highest BCUT2D eigenvalue weighted by Crippen LogP contribution is 2.44. The number of benzene rings is 1. The molecule has 27 heavy (non-hydrogen) atoms. The van der Waals surface area contributed by atoms with Crippen molar-refractivity contribution in [1.82, 2.24) is 0 Å². The van der Waals surface area contributed by atoms with Crippen molar-refractivity contribution in [3.63, 3.8) is 0 Å². The standard InChI is InChI=1S/C20H24N2O5/c1-5-24-13-8-9-14(16(10-13)25-6-2)18-15(11-21)19(22)27-12(4)17(18)20(23)26-7-3/h8-10,18H,5-7,22H2,1-4H3. The van der Waals surface area contributed by atoms with E-state index in [1.165, 1.54) is 0 Å². The van der Waals surface area contributed by atoms with E-state index < -0.39 is 11.9 Å². The van der Waals surface area contributed by atoms with Crippen LogP contribution in [0.5, 0.6) is 11.5 Å². The van der Waals surface area contributed by atoms with Crippen LogP contribution >= 0.6 is 0 Å². The molecule has 144 valence electrons. The third-order valence-corrected chi connectivity index (χ3v) is 4.01. The largest absolute Gasteiger partial charge is 0.494 e. The lowest BCUT2D eigenvalue weighted by atomic mass is 9.82. The number of rotatable bonds is 7. The van der Waals surface area contributed by atoms with Gasteiger partial charge in [-0.2, -0.15) is 5.26 Å². The Morgan fingerprint density at radius 2 is 1.93 bits per heavy atom. The summed E-state index contributed by atoms with van der Waals surface area (Å²) in [5, 5.41) is 9.66. The molecule has 1 heterocycles. The Labute approximate surface area is 159 Å². The normalized spacial score (nSPS) is 16.5. The van der Waals surface area contributed by atoms with Gasteiger partial charge in [0.1, 0.15) is 28.9 Å². The molecule has 7 nitrogen and oxygen atoms in total. The summed E-state index contributed by atoms with van der Waals surface area (Å²) in [7, 11) is 0. The van der Waals surface area contributed by atoms with Crippen LogP contribution < -0.4 is 15.2 Å². The molecule has 0 aliphatic carbocycles. The maximum Gasteiger partial charge on any atom is 0.338 e. The van der Waals surface area contributed by atoms with E-state index in [2.05, 4.69) is 6.07 Å². The van der Waals surface area contributed by atoms with Gasteiger partial charge in [0.2, 0.25) is 5.88 Å². The third-order valence-electron chi connectivity index (χ3n) is 4.01. The second kappa shape index (κ2) is 8.99. The lowest BCUT2D eigenvalue weighted by Crippen LogP contribution is -2.26. The molecule has 0 radical (unpaired) electrons. The average molecular weight is 372 g/mol. The highest BCUT2D eigenvalue weighted by Gasteiger charge is 2.38. The van der Waals surface area contributed by atoms with Crippen LogP contribution in [0.2, 0.25) is 0 Å². The Kier molecular flexibility index (Phi) is 6.72. The van der Waals surface area contributed by atoms with Crippen LogP contribution in [0.4, 0.5) is 0 Å². The molecule has 0 saturated carbocycles. The van der Waals surface area contributed by atoms with Crippen LogP contribution in [0.25, 0.3) is 0 Å². The second-order valence-corrected chi connectivity index (χ2v) is 5.68. The van der Waals surface area contributed by atoms with Gasteiger partial charge >= 0.3 is 5.97 Å². The number of allylic oxidation sites excluding steroid dienone is 2. The minimum Gasteiger partial charge on any atom is -0.494 e. The van der Waals surface area contributed by atoms with Crippen LogP contribution in [0.3, 0.4) is 0 Å². The summed E-state index contributed by atoms with van der Waals surface area (Å²) in [4.78, 5) is 12.6. The van der Waals surface area contributed by atoms with Crippen molar-refractivity contribution in [2.24, 2.45) is 5.73 Å². The summed E-state index contributed by atoms with van der Waals surface area (Å²) in [6, 6.07) is 7.33. The van der Waals surface area contributed by atoms with Gasteiger partial charge in [0.15, 0.2) is 0 Å². The summed E-state index contributed by atoms with van der Waals surface area (Å²) in [6.07, 6.45) is 0. The van der Waals surface area contributed by atoms with Crippen molar-refractivity contribution in [3.8, 4) is 17.6 Å². The van der Waals surface area contributed by atoms with Crippen molar-refractivity contribution >= 4 is 5.97 Å². The number of nitrogens with zero attached hydrogens (tertiary/aromatic N) is 1. The van der Waals surface area contributed by atoms with Crippen molar-refractivity contribution in [2.45, 2.75) is 33.6 Å². The van der Waals surface area contributed by atoms with Crippen LogP contribution in [0.15, 0.2) is 41.0 Å². The zero-order chi connectivity index (χ0) is 20.0. The third kappa shape index (κ3) is 4.17. The molecular formula is C20H24N2O5. The fourth-order valence-corrected chi connectivity index (χ4v) is 2.96. The monoisotopic (exact) mass is 372 g/mol. The van der Waals surface area contributed by atoms with E-state index in [4.69, 9.17) is 24.7 Å². The fourth-order valence-electron chi connectivity index (χ4n) is 2.96. The number of carbonyl (C=O) groups is 1. The first-order chi connectivity index (χ1) is 13.0. The predicted molar refractivity (Wildman–Crippen MR) is 98.8 cm³/mol. The molecule has 0 fully saturated rings. The molecule has 1 unspecified atom stereocenters. The first-order valence-corrected chi connectivity index (χ1v) is 8.83. The number of hydrogen-bond donors (Lipinski definition) is 1. The van der Waals surface area contributed by atoms with Gasteiger partial charge in [-0.15, -0.1) is 0 Å². The predicted octanol–water partition coefficient (Wildman–Crippen LogP) is 3.13. The Morgan fingerprint density at radius 3 is 2.52 bits per heavy atom. The van der Waals surface area contributed by atoms with Crippen molar-refractivity contribution in [1.29, 1.82) is 5.26 Å². The Hall–Kier alpha value is -3.14. The maximum absolute atomic E-state index is 12.6. The van der Waals surface area contributed by atoms with E-state index in [9.17, 15) is 10.1 Å². The minimum absolute atomic E-state index is 0.0376. The van der Waals surface area contributed by atoms with E-state index in [1.807, 2.05) is 13.8 Å². The van der Waals surface area contributed by atoms with Gasteiger partial charge in [-0.05, 0) is 33.8 Å². The fraction of sp³-hybridized carbons (Fsp3) is 0.400. The SMILES string of the molecule is CCOC(=O)C1=C(C)OC(N)=C(C#N)C1c1ccc(OCC)cc1OCC. The Balaban J connectivity index is 2.67. The topological polar surface area (TPSA) is 104 Å². The molecule has 0 bridgehead atoms. The van der Waals surface area contributed by atoms with Gasteiger partial charge in [-0.1, -0.05) is 6.07 Å². The molecule has 2 N–H and O–H groups in total. The van der Waals surface area contributed by atoms with Gasteiger partial charge in [0.25, 0.3) is 0 Å². The zero-order valence-corrected chi connectivity index (χ0v) is 16.0. The number of carbonyl (C=O) groups excluding carboxylic acids is 1. The molecule has 0 spiro atoms. The lowest BCUT2D eigenvalue weighted by molar-refractivity contribution is -0.139. The van der Waals surface area contributed by atoms with Crippen molar-refractivity contribution in [3.05, 3.63) is 46.6 Å². The van der Waals surface area contributed by atoms with E-state index in [1.54, 1.807) is 32.0 Å². The van der Waals surface area contributed by atoms with E-state index in [0.717, 1.165) is 0 Å². The van der Waals surface area contributed by atoms with Crippen LogP contribution in [0, 0.1) is 11.3 Å². The zero-order valence-electron chi connectivity index (χ0n) is 16.0. The number of nitriles is 1. The van der Waals surface area contributed by atoms with Crippen molar-refractivity contribution < 1.29 is 23.7 Å². The van der Waals surface area contributed by atoms with Gasteiger partial charge < -0.3 is 24.7 Å². The maximum atomic E-state index is 12.6. The molecule has 1 aromatic carbocycles. The summed E-state index contributed by atoms with van der Waals surface area (Å²) in [5.41, 5.74) is 6.91. The molecule has 0 amide bonds. The number of esters is 1. The lowest BCUT2D eigenvalue weighted by Gasteiger charge is -2.28.